The van der Waals surface area contributed by atoms with Gasteiger partial charge in [0.2, 0.25) is 0 Å². The van der Waals surface area contributed by atoms with Gasteiger partial charge in [0.05, 0.1) is 26.4 Å². The lowest BCUT2D eigenvalue weighted by molar-refractivity contribution is -0.0621. The van der Waals surface area contributed by atoms with Crippen LogP contribution in [0.25, 0.3) is 0 Å². The third-order valence-corrected chi connectivity index (χ3v) is 4.80. The largest absolute Gasteiger partial charge is 0.504 e. The predicted octanol–water partition coefficient (Wildman–Crippen LogP) is 2.69. The maximum Gasteiger partial charge on any atom is 0.160 e. The van der Waals surface area contributed by atoms with E-state index in [1.807, 2.05) is 0 Å². The van der Waals surface area contributed by atoms with Crippen molar-refractivity contribution in [2.75, 3.05) is 21.3 Å². The topological polar surface area (TPSA) is 97.6 Å². The summed E-state index contributed by atoms with van der Waals surface area (Å²) in [5.74, 6) is 0.722. The number of ether oxygens (including phenoxy) is 4. The Morgan fingerprint density at radius 3 is 2.22 bits per heavy atom. The zero-order chi connectivity index (χ0) is 19.6. The fourth-order valence-electron chi connectivity index (χ4n) is 3.44. The molecule has 2 aromatic carbocycles. The van der Waals surface area contributed by atoms with Crippen molar-refractivity contribution in [3.05, 3.63) is 47.5 Å². The summed E-state index contributed by atoms with van der Waals surface area (Å²) in [6.07, 6.45) is -1.78. The van der Waals surface area contributed by atoms with Crippen LogP contribution in [0.3, 0.4) is 0 Å². The molecule has 0 aromatic heterocycles. The Morgan fingerprint density at radius 1 is 0.963 bits per heavy atom. The molecule has 4 atom stereocenters. The van der Waals surface area contributed by atoms with Crippen LogP contribution in [-0.2, 0) is 9.47 Å². The first-order chi connectivity index (χ1) is 13.0. The van der Waals surface area contributed by atoms with Crippen LogP contribution in [0.4, 0.5) is 0 Å². The third kappa shape index (κ3) is 3.80. The number of phenols is 2. The molecule has 2 aromatic rings. The van der Waals surface area contributed by atoms with Crippen LogP contribution in [0.2, 0.25) is 0 Å². The summed E-state index contributed by atoms with van der Waals surface area (Å²) in [6, 6.07) is 9.81. The highest BCUT2D eigenvalue weighted by Gasteiger charge is 2.40. The Kier molecular flexibility index (Phi) is 5.74. The Bertz CT molecular complexity index is 792. The molecule has 1 heterocycles. The van der Waals surface area contributed by atoms with Crippen LogP contribution in [0, 0.1) is 0 Å². The van der Waals surface area contributed by atoms with E-state index < -0.39 is 24.4 Å². The van der Waals surface area contributed by atoms with Crippen LogP contribution < -0.4 is 9.47 Å². The first-order valence-corrected chi connectivity index (χ1v) is 8.58. The molecule has 7 heteroatoms. The Morgan fingerprint density at radius 2 is 1.59 bits per heavy atom. The quantitative estimate of drug-likeness (QED) is 0.713. The summed E-state index contributed by atoms with van der Waals surface area (Å²) in [5, 5.41) is 30.1. The second-order valence-electron chi connectivity index (χ2n) is 6.42. The van der Waals surface area contributed by atoms with Gasteiger partial charge in [0, 0.05) is 13.5 Å². The number of rotatable bonds is 6. The van der Waals surface area contributed by atoms with Crippen LogP contribution in [0.15, 0.2) is 36.4 Å². The van der Waals surface area contributed by atoms with Crippen molar-refractivity contribution < 1.29 is 34.3 Å². The zero-order valence-electron chi connectivity index (χ0n) is 15.5. The van der Waals surface area contributed by atoms with E-state index in [0.717, 1.165) is 5.56 Å². The van der Waals surface area contributed by atoms with Gasteiger partial charge in [-0.05, 0) is 35.4 Å². The van der Waals surface area contributed by atoms with Gasteiger partial charge in [-0.1, -0.05) is 12.1 Å². The highest BCUT2D eigenvalue weighted by Crippen LogP contribution is 2.42. The first-order valence-electron chi connectivity index (χ1n) is 8.58. The fraction of sp³-hybridized carbons (Fsp3) is 0.400. The summed E-state index contributed by atoms with van der Waals surface area (Å²) in [4.78, 5) is 0. The van der Waals surface area contributed by atoms with Crippen LogP contribution >= 0.6 is 0 Å². The van der Waals surface area contributed by atoms with Gasteiger partial charge < -0.3 is 34.3 Å². The summed E-state index contributed by atoms with van der Waals surface area (Å²) < 4.78 is 22.0. The van der Waals surface area contributed by atoms with E-state index in [9.17, 15) is 15.3 Å². The molecule has 3 rings (SSSR count). The number of phenolic OH excluding ortho intramolecular Hbond substituents is 2. The highest BCUT2D eigenvalue weighted by molar-refractivity contribution is 5.44. The molecule has 0 spiro atoms. The van der Waals surface area contributed by atoms with E-state index in [1.165, 1.54) is 26.4 Å². The van der Waals surface area contributed by atoms with Gasteiger partial charge in [-0.15, -0.1) is 0 Å². The van der Waals surface area contributed by atoms with Crippen LogP contribution in [0.5, 0.6) is 23.0 Å². The van der Waals surface area contributed by atoms with Gasteiger partial charge in [-0.2, -0.15) is 0 Å². The molecule has 0 bridgehead atoms. The molecule has 0 aliphatic carbocycles. The molecule has 0 radical (unpaired) electrons. The molecule has 27 heavy (non-hydrogen) atoms. The highest BCUT2D eigenvalue weighted by atomic mass is 16.6. The minimum atomic E-state index is -0.735. The van der Waals surface area contributed by atoms with Gasteiger partial charge in [0.25, 0.3) is 0 Å². The summed E-state index contributed by atoms with van der Waals surface area (Å²) in [7, 11) is 4.51. The normalized spacial score (nSPS) is 23.2. The molecule has 7 nitrogen and oxygen atoms in total. The van der Waals surface area contributed by atoms with E-state index in [2.05, 4.69) is 0 Å². The molecule has 4 unspecified atom stereocenters. The van der Waals surface area contributed by atoms with Crippen LogP contribution in [-0.4, -0.2) is 48.9 Å². The van der Waals surface area contributed by atoms with E-state index in [0.29, 0.717) is 23.5 Å². The summed E-state index contributed by atoms with van der Waals surface area (Å²) in [5.41, 5.74) is 1.48. The third-order valence-electron chi connectivity index (χ3n) is 4.80. The molecule has 1 saturated heterocycles. The van der Waals surface area contributed by atoms with Crippen molar-refractivity contribution in [2.24, 2.45) is 0 Å². The van der Waals surface area contributed by atoms with Crippen molar-refractivity contribution in [1.82, 2.24) is 0 Å². The molecule has 1 aliphatic heterocycles. The number of hydrogen-bond acceptors (Lipinski definition) is 7. The smallest absolute Gasteiger partial charge is 0.160 e. The summed E-state index contributed by atoms with van der Waals surface area (Å²) >= 11 is 0. The monoisotopic (exact) mass is 376 g/mol. The second kappa shape index (κ2) is 8.04. The lowest BCUT2D eigenvalue weighted by atomic mass is 9.98. The Labute approximate surface area is 157 Å². The SMILES string of the molecule is COc1cc(C2OC(C(OC)c3ccc(O)c(OC)c3)CC2O)ccc1O. The van der Waals surface area contributed by atoms with Gasteiger partial charge in [-0.3, -0.25) is 0 Å². The number of aliphatic hydroxyl groups excluding tert-OH is 1. The van der Waals surface area contributed by atoms with Crippen molar-refractivity contribution in [3.8, 4) is 23.0 Å². The van der Waals surface area contributed by atoms with Gasteiger partial charge in [0.15, 0.2) is 23.0 Å². The number of benzene rings is 2. The van der Waals surface area contributed by atoms with Crippen molar-refractivity contribution in [2.45, 2.75) is 30.8 Å². The molecular formula is C20H24O7. The Balaban J connectivity index is 1.84. The number of methoxy groups -OCH3 is 3. The van der Waals surface area contributed by atoms with Crippen LogP contribution in [0.1, 0.15) is 29.8 Å². The number of aromatic hydroxyl groups is 2. The maximum atomic E-state index is 10.5. The summed E-state index contributed by atoms with van der Waals surface area (Å²) in [6.45, 7) is 0. The van der Waals surface area contributed by atoms with Gasteiger partial charge >= 0.3 is 0 Å². The zero-order valence-corrected chi connectivity index (χ0v) is 15.5. The lowest BCUT2D eigenvalue weighted by Crippen LogP contribution is -2.20. The Hall–Kier alpha value is -2.48. The molecule has 1 fully saturated rings. The molecule has 146 valence electrons. The minimum Gasteiger partial charge on any atom is -0.504 e. The van der Waals surface area contributed by atoms with E-state index in [1.54, 1.807) is 31.4 Å². The maximum absolute atomic E-state index is 10.5. The van der Waals surface area contributed by atoms with E-state index in [-0.39, 0.29) is 11.5 Å². The van der Waals surface area contributed by atoms with Crippen molar-refractivity contribution in [3.63, 3.8) is 0 Å². The van der Waals surface area contributed by atoms with Gasteiger partial charge in [0.1, 0.15) is 12.2 Å². The first kappa shape index (κ1) is 19.3. The van der Waals surface area contributed by atoms with E-state index >= 15 is 0 Å². The van der Waals surface area contributed by atoms with Gasteiger partial charge in [-0.25, -0.2) is 0 Å². The minimum absolute atomic E-state index is 0.0243. The van der Waals surface area contributed by atoms with Crippen molar-refractivity contribution in [1.29, 1.82) is 0 Å². The molecule has 3 N–H and O–H groups in total. The molecule has 0 saturated carbocycles. The average Bonchev–Trinajstić information content (AvgIpc) is 3.05. The standard InChI is InChI=1S/C20H24O7/c1-24-16-8-11(4-6-13(16)21)19-15(23)10-18(27-19)20(26-3)12-5-7-14(22)17(9-12)25-2/h4-9,15,18-23H,10H2,1-3H3. The lowest BCUT2D eigenvalue weighted by Gasteiger charge is -2.23. The fourth-order valence-corrected chi connectivity index (χ4v) is 3.44. The van der Waals surface area contributed by atoms with E-state index in [4.69, 9.17) is 18.9 Å². The van der Waals surface area contributed by atoms with Crippen molar-refractivity contribution >= 4 is 0 Å². The number of hydrogen-bond donors (Lipinski definition) is 3. The predicted molar refractivity (Wildman–Crippen MR) is 97.3 cm³/mol. The number of aliphatic hydroxyl groups is 1. The molecular weight excluding hydrogens is 352 g/mol. The molecule has 1 aliphatic rings. The second-order valence-corrected chi connectivity index (χ2v) is 6.42. The molecule has 0 amide bonds. The average molecular weight is 376 g/mol.